The molecule has 0 radical (unpaired) electrons. The third kappa shape index (κ3) is 5.09. The van der Waals surface area contributed by atoms with Gasteiger partial charge in [0.05, 0.1) is 17.3 Å². The third-order valence-corrected chi connectivity index (χ3v) is 5.31. The first kappa shape index (κ1) is 23.0. The van der Waals surface area contributed by atoms with Crippen molar-refractivity contribution in [2.75, 3.05) is 10.6 Å². The van der Waals surface area contributed by atoms with Crippen LogP contribution in [0.4, 0.5) is 25.1 Å². The van der Waals surface area contributed by atoms with Gasteiger partial charge in [0.25, 0.3) is 5.91 Å². The van der Waals surface area contributed by atoms with Crippen LogP contribution in [-0.2, 0) is 6.18 Å². The predicted molar refractivity (Wildman–Crippen MR) is 124 cm³/mol. The summed E-state index contributed by atoms with van der Waals surface area (Å²) >= 11 is 0. The van der Waals surface area contributed by atoms with E-state index in [1.165, 1.54) is 16.8 Å². The molecular weight excluding hydrogens is 443 g/mol. The van der Waals surface area contributed by atoms with Crippen LogP contribution in [0.25, 0.3) is 5.69 Å². The molecule has 0 unspecified atom stereocenters. The standard InChI is InChI=1S/C25H22F3N5O/c1-16-8-6-7-11-21(16)22(34)30-24-31-23(29-17(2)18-9-4-3-5-10-18)32-33(24)20-14-12-19(13-15-20)25(26,27)28/h3-15,17H,1-2H3,(H2,29,30,31,32,34)/t17-/m0/s1. The highest BCUT2D eigenvalue weighted by atomic mass is 19.4. The SMILES string of the molecule is Cc1ccccc1C(=O)Nc1nc(N[C@@H](C)c2ccccc2)nn1-c1ccc(C(F)(F)F)cc1. The number of nitrogens with one attached hydrogen (secondary N) is 2. The van der Waals surface area contributed by atoms with E-state index in [9.17, 15) is 18.0 Å². The maximum absolute atomic E-state index is 13.0. The van der Waals surface area contributed by atoms with Crippen LogP contribution in [0.15, 0.2) is 78.9 Å². The molecule has 3 aromatic carbocycles. The average molecular weight is 465 g/mol. The fraction of sp³-hybridized carbons (Fsp3) is 0.160. The fourth-order valence-corrected chi connectivity index (χ4v) is 3.44. The minimum atomic E-state index is -4.46. The van der Waals surface area contributed by atoms with Crippen LogP contribution >= 0.6 is 0 Å². The van der Waals surface area contributed by atoms with E-state index in [1.807, 2.05) is 56.3 Å². The summed E-state index contributed by atoms with van der Waals surface area (Å²) in [7, 11) is 0. The van der Waals surface area contributed by atoms with Gasteiger partial charge in [-0.05, 0) is 55.3 Å². The molecule has 34 heavy (non-hydrogen) atoms. The van der Waals surface area contributed by atoms with Gasteiger partial charge in [-0.15, -0.1) is 5.10 Å². The summed E-state index contributed by atoms with van der Waals surface area (Å²) in [6, 6.07) is 21.0. The normalized spacial score (nSPS) is 12.3. The van der Waals surface area contributed by atoms with Gasteiger partial charge >= 0.3 is 6.18 Å². The van der Waals surface area contributed by atoms with Gasteiger partial charge in [-0.2, -0.15) is 22.8 Å². The van der Waals surface area contributed by atoms with E-state index in [0.717, 1.165) is 23.3 Å². The molecule has 1 aromatic heterocycles. The van der Waals surface area contributed by atoms with Crippen molar-refractivity contribution in [2.45, 2.75) is 26.1 Å². The Morgan fingerprint density at radius 3 is 2.24 bits per heavy atom. The van der Waals surface area contributed by atoms with Crippen LogP contribution in [0.5, 0.6) is 0 Å². The number of amides is 1. The van der Waals surface area contributed by atoms with E-state index in [-0.39, 0.29) is 17.9 Å². The summed E-state index contributed by atoms with van der Waals surface area (Å²) in [6.07, 6.45) is -4.46. The number of aromatic nitrogens is 3. The monoisotopic (exact) mass is 465 g/mol. The Labute approximate surface area is 194 Å². The Hall–Kier alpha value is -4.14. The fourth-order valence-electron chi connectivity index (χ4n) is 3.44. The minimum absolute atomic E-state index is 0.0794. The molecule has 0 bridgehead atoms. The summed E-state index contributed by atoms with van der Waals surface area (Å²) in [6.45, 7) is 3.74. The quantitative estimate of drug-likeness (QED) is 0.365. The Morgan fingerprint density at radius 2 is 1.59 bits per heavy atom. The van der Waals surface area contributed by atoms with Gasteiger partial charge in [0.2, 0.25) is 11.9 Å². The van der Waals surface area contributed by atoms with Gasteiger partial charge in [-0.1, -0.05) is 48.5 Å². The van der Waals surface area contributed by atoms with Crippen LogP contribution in [0.1, 0.15) is 40.0 Å². The van der Waals surface area contributed by atoms with Crippen molar-refractivity contribution in [3.8, 4) is 5.69 Å². The number of alkyl halides is 3. The number of aryl methyl sites for hydroxylation is 1. The van der Waals surface area contributed by atoms with E-state index in [0.29, 0.717) is 11.3 Å². The molecule has 0 aliphatic carbocycles. The summed E-state index contributed by atoms with van der Waals surface area (Å²) in [4.78, 5) is 17.3. The minimum Gasteiger partial charge on any atom is -0.346 e. The molecular formula is C25H22F3N5O. The summed E-state index contributed by atoms with van der Waals surface area (Å²) in [5.74, 6) is -0.103. The van der Waals surface area contributed by atoms with E-state index < -0.39 is 17.6 Å². The highest BCUT2D eigenvalue weighted by Crippen LogP contribution is 2.30. The average Bonchev–Trinajstić information content (AvgIpc) is 3.21. The van der Waals surface area contributed by atoms with Crippen molar-refractivity contribution in [1.82, 2.24) is 14.8 Å². The molecule has 4 aromatic rings. The predicted octanol–water partition coefficient (Wildman–Crippen LogP) is 6.02. The molecule has 0 spiro atoms. The Kier molecular flexibility index (Phi) is 6.36. The maximum atomic E-state index is 13.0. The van der Waals surface area contributed by atoms with Crippen molar-refractivity contribution in [3.63, 3.8) is 0 Å². The zero-order valence-corrected chi connectivity index (χ0v) is 18.5. The van der Waals surface area contributed by atoms with Crippen LogP contribution < -0.4 is 10.6 Å². The molecule has 0 aliphatic heterocycles. The first-order valence-electron chi connectivity index (χ1n) is 10.6. The highest BCUT2D eigenvalue weighted by molar-refractivity contribution is 6.04. The zero-order valence-electron chi connectivity index (χ0n) is 18.5. The summed E-state index contributed by atoms with van der Waals surface area (Å²) < 4.78 is 40.3. The molecule has 1 atom stereocenters. The molecule has 2 N–H and O–H groups in total. The number of hydrogen-bond acceptors (Lipinski definition) is 4. The van der Waals surface area contributed by atoms with Crippen LogP contribution in [0, 0.1) is 6.92 Å². The van der Waals surface area contributed by atoms with Gasteiger partial charge in [0, 0.05) is 5.56 Å². The van der Waals surface area contributed by atoms with E-state index in [1.54, 1.807) is 12.1 Å². The zero-order chi connectivity index (χ0) is 24.3. The topological polar surface area (TPSA) is 71.8 Å². The Bertz CT molecular complexity index is 1280. The third-order valence-electron chi connectivity index (χ3n) is 5.31. The number of nitrogens with zero attached hydrogens (tertiary/aromatic N) is 3. The second-order valence-electron chi connectivity index (χ2n) is 7.76. The van der Waals surface area contributed by atoms with Gasteiger partial charge in [-0.25, -0.2) is 0 Å². The number of carbonyl (C=O) groups excluding carboxylic acids is 1. The number of benzene rings is 3. The number of anilines is 2. The lowest BCUT2D eigenvalue weighted by molar-refractivity contribution is -0.137. The van der Waals surface area contributed by atoms with E-state index in [2.05, 4.69) is 20.7 Å². The smallest absolute Gasteiger partial charge is 0.346 e. The Morgan fingerprint density at radius 1 is 0.941 bits per heavy atom. The highest BCUT2D eigenvalue weighted by Gasteiger charge is 2.30. The Balaban J connectivity index is 1.68. The van der Waals surface area contributed by atoms with Crippen LogP contribution in [-0.4, -0.2) is 20.7 Å². The second-order valence-corrected chi connectivity index (χ2v) is 7.76. The van der Waals surface area contributed by atoms with E-state index in [4.69, 9.17) is 0 Å². The number of hydrogen-bond donors (Lipinski definition) is 2. The van der Waals surface area contributed by atoms with Crippen molar-refractivity contribution in [1.29, 1.82) is 0 Å². The van der Waals surface area contributed by atoms with E-state index >= 15 is 0 Å². The van der Waals surface area contributed by atoms with Crippen molar-refractivity contribution in [2.24, 2.45) is 0 Å². The lowest BCUT2D eigenvalue weighted by Crippen LogP contribution is -2.17. The molecule has 9 heteroatoms. The van der Waals surface area contributed by atoms with Gasteiger partial charge in [0.1, 0.15) is 0 Å². The molecule has 1 amide bonds. The molecule has 4 rings (SSSR count). The van der Waals surface area contributed by atoms with Gasteiger partial charge < -0.3 is 5.32 Å². The lowest BCUT2D eigenvalue weighted by Gasteiger charge is -2.12. The molecule has 0 saturated carbocycles. The molecule has 0 saturated heterocycles. The van der Waals surface area contributed by atoms with Crippen LogP contribution in [0.3, 0.4) is 0 Å². The van der Waals surface area contributed by atoms with Crippen molar-refractivity contribution >= 4 is 17.8 Å². The molecule has 1 heterocycles. The molecule has 174 valence electrons. The maximum Gasteiger partial charge on any atom is 0.416 e. The number of rotatable bonds is 6. The van der Waals surface area contributed by atoms with Crippen LogP contribution in [0.2, 0.25) is 0 Å². The van der Waals surface area contributed by atoms with Gasteiger partial charge in [0.15, 0.2) is 0 Å². The van der Waals surface area contributed by atoms with Gasteiger partial charge in [-0.3, -0.25) is 10.1 Å². The second kappa shape index (κ2) is 9.38. The largest absolute Gasteiger partial charge is 0.416 e. The summed E-state index contributed by atoms with van der Waals surface area (Å²) in [5, 5.41) is 10.3. The number of halogens is 3. The summed E-state index contributed by atoms with van der Waals surface area (Å²) in [5.41, 5.74) is 1.77. The first-order chi connectivity index (χ1) is 16.2. The first-order valence-corrected chi connectivity index (χ1v) is 10.6. The van der Waals surface area contributed by atoms with Crippen molar-refractivity contribution in [3.05, 3.63) is 101 Å². The lowest BCUT2D eigenvalue weighted by atomic mass is 10.1. The molecule has 0 fully saturated rings. The number of carbonyl (C=O) groups is 1. The molecule has 6 nitrogen and oxygen atoms in total. The molecule has 0 aliphatic rings. The van der Waals surface area contributed by atoms with Crippen molar-refractivity contribution < 1.29 is 18.0 Å².